The van der Waals surface area contributed by atoms with Gasteiger partial charge in [0, 0.05) is 6.42 Å². The molecule has 0 aromatic rings. The molecular formula is C32H60O6. The predicted molar refractivity (Wildman–Crippen MR) is 154 cm³/mol. The molecule has 1 fully saturated rings. The molecule has 1 rings (SSSR count). The predicted octanol–water partition coefficient (Wildman–Crippen LogP) is 10.2. The van der Waals surface area contributed by atoms with Gasteiger partial charge in [0.25, 0.3) is 0 Å². The van der Waals surface area contributed by atoms with Gasteiger partial charge in [0.2, 0.25) is 0 Å². The molecule has 38 heavy (non-hydrogen) atoms. The molecular weight excluding hydrogens is 480 g/mol. The lowest BCUT2D eigenvalue weighted by atomic mass is 9.95. The third kappa shape index (κ3) is 21.5. The van der Waals surface area contributed by atoms with Crippen LogP contribution >= 0.6 is 0 Å². The molecule has 0 saturated heterocycles. The minimum atomic E-state index is -0.606. The van der Waals surface area contributed by atoms with E-state index >= 15 is 0 Å². The van der Waals surface area contributed by atoms with Crippen molar-refractivity contribution >= 4 is 12.3 Å². The average Bonchev–Trinajstić information content (AvgIpc) is 2.86. The Morgan fingerprint density at radius 3 is 1.26 bits per heavy atom. The van der Waals surface area contributed by atoms with Gasteiger partial charge in [-0.05, 0) is 43.9 Å². The minimum absolute atomic E-state index is 0.263. The summed E-state index contributed by atoms with van der Waals surface area (Å²) >= 11 is 0. The smallest absolute Gasteiger partial charge is 0.434 e. The number of rotatable bonds is 22. The lowest BCUT2D eigenvalue weighted by Crippen LogP contribution is -2.32. The van der Waals surface area contributed by atoms with Gasteiger partial charge in [-0.3, -0.25) is 0 Å². The van der Waals surface area contributed by atoms with Crippen LogP contribution in [0, 0.1) is 11.8 Å². The van der Waals surface area contributed by atoms with Crippen molar-refractivity contribution in [2.75, 3.05) is 13.2 Å². The number of carbonyl (C=O) groups excluding carboxylic acids is 2. The molecule has 0 aliphatic heterocycles. The van der Waals surface area contributed by atoms with Crippen LogP contribution in [0.1, 0.15) is 156 Å². The van der Waals surface area contributed by atoms with Crippen molar-refractivity contribution in [2.24, 2.45) is 11.8 Å². The number of hydrogen-bond donors (Lipinski definition) is 0. The molecule has 0 aromatic carbocycles. The van der Waals surface area contributed by atoms with E-state index in [2.05, 4.69) is 27.7 Å². The normalized spacial score (nSPS) is 17.5. The van der Waals surface area contributed by atoms with Gasteiger partial charge in [0.15, 0.2) is 0 Å². The van der Waals surface area contributed by atoms with Crippen LogP contribution in [0.5, 0.6) is 0 Å². The van der Waals surface area contributed by atoms with Crippen molar-refractivity contribution in [3.8, 4) is 0 Å². The standard InChI is InChI=1S/C32H60O6/c1-27(2)20-15-11-7-5-6-9-13-17-24-35-31(33)37-29-22-19-23-30(26-29)38-32(34)36-25-18-14-10-8-12-16-21-28(3)4/h27-30H,5-26H2,1-4H3. The van der Waals surface area contributed by atoms with Crippen LogP contribution in [0.15, 0.2) is 0 Å². The van der Waals surface area contributed by atoms with E-state index in [1.807, 2.05) is 0 Å². The number of unbranched alkanes of at least 4 members (excludes halogenated alkanes) is 12. The highest BCUT2D eigenvalue weighted by Gasteiger charge is 2.28. The number of ether oxygens (including phenoxy) is 4. The molecule has 0 spiro atoms. The van der Waals surface area contributed by atoms with E-state index in [-0.39, 0.29) is 12.2 Å². The molecule has 224 valence electrons. The minimum Gasteiger partial charge on any atom is -0.434 e. The molecule has 1 saturated carbocycles. The van der Waals surface area contributed by atoms with Crippen LogP contribution < -0.4 is 0 Å². The number of carbonyl (C=O) groups is 2. The highest BCUT2D eigenvalue weighted by Crippen LogP contribution is 2.24. The fraction of sp³-hybridized carbons (Fsp3) is 0.938. The summed E-state index contributed by atoms with van der Waals surface area (Å²) in [7, 11) is 0. The van der Waals surface area contributed by atoms with Crippen LogP contribution in [0.2, 0.25) is 0 Å². The van der Waals surface area contributed by atoms with Crippen LogP contribution in [-0.2, 0) is 18.9 Å². The summed E-state index contributed by atoms with van der Waals surface area (Å²) in [4.78, 5) is 24.1. The largest absolute Gasteiger partial charge is 0.508 e. The summed E-state index contributed by atoms with van der Waals surface area (Å²) in [5.41, 5.74) is 0. The van der Waals surface area contributed by atoms with Gasteiger partial charge >= 0.3 is 12.3 Å². The van der Waals surface area contributed by atoms with Crippen molar-refractivity contribution in [1.82, 2.24) is 0 Å². The quantitative estimate of drug-likeness (QED) is 0.100. The van der Waals surface area contributed by atoms with E-state index in [4.69, 9.17) is 18.9 Å². The second-order valence-corrected chi connectivity index (χ2v) is 12.2. The Balaban J connectivity index is 1.98. The molecule has 2 atom stereocenters. The summed E-state index contributed by atoms with van der Waals surface area (Å²) in [5.74, 6) is 1.61. The van der Waals surface area contributed by atoms with E-state index in [9.17, 15) is 9.59 Å². The maximum Gasteiger partial charge on any atom is 0.508 e. The summed E-state index contributed by atoms with van der Waals surface area (Å²) in [6, 6.07) is 0. The first-order valence-corrected chi connectivity index (χ1v) is 16.0. The molecule has 0 aromatic heterocycles. The van der Waals surface area contributed by atoms with E-state index in [0.29, 0.717) is 19.6 Å². The summed E-state index contributed by atoms with van der Waals surface area (Å²) < 4.78 is 21.5. The van der Waals surface area contributed by atoms with E-state index < -0.39 is 12.3 Å². The molecule has 0 N–H and O–H groups in total. The summed E-state index contributed by atoms with van der Waals surface area (Å²) in [6.07, 6.45) is 20.6. The third-order valence-corrected chi connectivity index (χ3v) is 7.40. The zero-order chi connectivity index (χ0) is 27.8. The highest BCUT2D eigenvalue weighted by molar-refractivity contribution is 5.60. The molecule has 0 radical (unpaired) electrons. The maximum absolute atomic E-state index is 12.1. The van der Waals surface area contributed by atoms with Crippen LogP contribution in [-0.4, -0.2) is 37.7 Å². The Labute approximate surface area is 234 Å². The van der Waals surface area contributed by atoms with E-state index in [1.165, 1.54) is 77.0 Å². The average molecular weight is 541 g/mol. The van der Waals surface area contributed by atoms with Crippen LogP contribution in [0.4, 0.5) is 9.59 Å². The lowest BCUT2D eigenvalue weighted by Gasteiger charge is -2.28. The summed E-state index contributed by atoms with van der Waals surface area (Å²) in [5, 5.41) is 0. The van der Waals surface area contributed by atoms with Crippen molar-refractivity contribution in [3.63, 3.8) is 0 Å². The lowest BCUT2D eigenvalue weighted by molar-refractivity contribution is -0.0350. The molecule has 0 amide bonds. The first-order valence-electron chi connectivity index (χ1n) is 16.0. The fourth-order valence-corrected chi connectivity index (χ4v) is 5.04. The SMILES string of the molecule is CC(C)CCCCCCCCCCOC(=O)OC1CCCC(OC(=O)OCCCCCCCCC(C)C)C1. The third-order valence-electron chi connectivity index (χ3n) is 7.40. The monoisotopic (exact) mass is 540 g/mol. The number of hydrogen-bond acceptors (Lipinski definition) is 6. The van der Waals surface area contributed by atoms with Gasteiger partial charge in [-0.2, -0.15) is 0 Å². The second-order valence-electron chi connectivity index (χ2n) is 12.2. The summed E-state index contributed by atoms with van der Waals surface area (Å²) in [6.45, 7) is 9.93. The van der Waals surface area contributed by atoms with Gasteiger partial charge in [-0.15, -0.1) is 0 Å². The molecule has 1 aliphatic rings. The van der Waals surface area contributed by atoms with Crippen molar-refractivity contribution in [2.45, 2.75) is 168 Å². The Hall–Kier alpha value is -1.46. The highest BCUT2D eigenvalue weighted by atomic mass is 16.7. The topological polar surface area (TPSA) is 71.1 Å². The maximum atomic E-state index is 12.1. The van der Waals surface area contributed by atoms with Crippen LogP contribution in [0.3, 0.4) is 0 Å². The van der Waals surface area contributed by atoms with Crippen molar-refractivity contribution in [3.05, 3.63) is 0 Å². The molecule has 0 bridgehead atoms. The van der Waals surface area contributed by atoms with Gasteiger partial charge in [0.05, 0.1) is 13.2 Å². The first kappa shape index (κ1) is 34.6. The fourth-order valence-electron chi connectivity index (χ4n) is 5.04. The molecule has 2 unspecified atom stereocenters. The first-order chi connectivity index (χ1) is 18.4. The van der Waals surface area contributed by atoms with Gasteiger partial charge in [-0.25, -0.2) is 9.59 Å². The van der Waals surface area contributed by atoms with E-state index in [0.717, 1.165) is 56.8 Å². The molecule has 1 aliphatic carbocycles. The molecule has 0 heterocycles. The Morgan fingerprint density at radius 2 is 0.895 bits per heavy atom. The Morgan fingerprint density at radius 1 is 0.553 bits per heavy atom. The van der Waals surface area contributed by atoms with Crippen LogP contribution in [0.25, 0.3) is 0 Å². The van der Waals surface area contributed by atoms with Gasteiger partial charge < -0.3 is 18.9 Å². The zero-order valence-corrected chi connectivity index (χ0v) is 25.3. The van der Waals surface area contributed by atoms with E-state index in [1.54, 1.807) is 0 Å². The molecule has 6 nitrogen and oxygen atoms in total. The second kappa shape index (κ2) is 23.4. The van der Waals surface area contributed by atoms with Gasteiger partial charge in [-0.1, -0.05) is 118 Å². The molecule has 6 heteroatoms. The Bertz CT molecular complexity index is 576. The Kier molecular flexibility index (Phi) is 21.3. The van der Waals surface area contributed by atoms with Crippen molar-refractivity contribution in [1.29, 1.82) is 0 Å². The van der Waals surface area contributed by atoms with Gasteiger partial charge in [0.1, 0.15) is 12.2 Å². The zero-order valence-electron chi connectivity index (χ0n) is 25.3. The van der Waals surface area contributed by atoms with Crippen molar-refractivity contribution < 1.29 is 28.5 Å².